The fraction of sp³-hybridized carbons (Fsp3) is 0.500. The number of carbonyl (C=O) groups is 2. The average Bonchev–Trinajstić information content (AvgIpc) is 2.99. The van der Waals surface area contributed by atoms with Crippen molar-refractivity contribution in [3.8, 4) is 0 Å². The summed E-state index contributed by atoms with van der Waals surface area (Å²) in [6.45, 7) is 3.16. The number of para-hydroxylation sites is 1. The highest BCUT2D eigenvalue weighted by Crippen LogP contribution is 2.20. The van der Waals surface area contributed by atoms with Crippen molar-refractivity contribution in [3.63, 3.8) is 0 Å². The summed E-state index contributed by atoms with van der Waals surface area (Å²) in [4.78, 5) is 42.4. The first-order valence-electron chi connectivity index (χ1n) is 9.57. The van der Waals surface area contributed by atoms with E-state index in [0.29, 0.717) is 47.7 Å². The molecule has 0 bridgehead atoms. The number of rotatable bonds is 9. The molecule has 0 spiro atoms. The predicted octanol–water partition coefficient (Wildman–Crippen LogP) is 3.22. The van der Waals surface area contributed by atoms with Gasteiger partial charge >= 0.3 is 0 Å². The number of amides is 2. The summed E-state index contributed by atoms with van der Waals surface area (Å²) in [6.07, 6.45) is 4.92. The van der Waals surface area contributed by atoms with Crippen molar-refractivity contribution in [2.24, 2.45) is 0 Å². The number of nitrogens with zero attached hydrogens (tertiary/aromatic N) is 3. The van der Waals surface area contributed by atoms with Crippen LogP contribution in [0.5, 0.6) is 0 Å². The van der Waals surface area contributed by atoms with E-state index in [4.69, 9.17) is 0 Å². The topological polar surface area (TPSA) is 72.3 Å². The number of imide groups is 1. The minimum absolute atomic E-state index is 0.0204. The first-order chi connectivity index (χ1) is 13.1. The van der Waals surface area contributed by atoms with Crippen LogP contribution in [0.4, 0.5) is 0 Å². The van der Waals surface area contributed by atoms with Gasteiger partial charge in [-0.25, -0.2) is 4.98 Å². The van der Waals surface area contributed by atoms with Crippen LogP contribution in [0.25, 0.3) is 10.9 Å². The Bertz CT molecular complexity index is 878. The molecule has 1 aromatic carbocycles. The first-order valence-corrected chi connectivity index (χ1v) is 10.6. The third kappa shape index (κ3) is 4.58. The van der Waals surface area contributed by atoms with E-state index in [1.165, 1.54) is 16.7 Å². The van der Waals surface area contributed by atoms with Crippen molar-refractivity contribution >= 4 is 34.5 Å². The van der Waals surface area contributed by atoms with E-state index in [0.717, 1.165) is 25.7 Å². The monoisotopic (exact) mass is 387 g/mol. The molecule has 1 saturated heterocycles. The summed E-state index contributed by atoms with van der Waals surface area (Å²) in [5, 5.41) is 1.29. The Morgan fingerprint density at radius 3 is 2.48 bits per heavy atom. The van der Waals surface area contributed by atoms with Crippen molar-refractivity contribution in [2.75, 3.05) is 12.3 Å². The number of unbranched alkanes of at least 4 members (excludes halogenated alkanes) is 3. The van der Waals surface area contributed by atoms with Crippen LogP contribution in [0.2, 0.25) is 0 Å². The largest absolute Gasteiger partial charge is 0.287 e. The van der Waals surface area contributed by atoms with E-state index in [9.17, 15) is 14.4 Å². The van der Waals surface area contributed by atoms with Crippen LogP contribution in [-0.4, -0.2) is 38.6 Å². The molecule has 1 aliphatic rings. The molecule has 6 nitrogen and oxygen atoms in total. The van der Waals surface area contributed by atoms with Crippen LogP contribution in [-0.2, 0) is 16.1 Å². The number of hydrogen-bond acceptors (Lipinski definition) is 5. The molecule has 1 fully saturated rings. The molecule has 2 amide bonds. The fourth-order valence-electron chi connectivity index (χ4n) is 3.25. The van der Waals surface area contributed by atoms with Crippen LogP contribution < -0.4 is 5.56 Å². The maximum absolute atomic E-state index is 12.9. The molecule has 3 rings (SSSR count). The van der Waals surface area contributed by atoms with E-state index in [1.54, 1.807) is 4.57 Å². The fourth-order valence-corrected chi connectivity index (χ4v) is 4.20. The molecule has 27 heavy (non-hydrogen) atoms. The number of aromatic nitrogens is 2. The van der Waals surface area contributed by atoms with Gasteiger partial charge in [-0.2, -0.15) is 0 Å². The van der Waals surface area contributed by atoms with Crippen LogP contribution in [0, 0.1) is 0 Å². The lowest BCUT2D eigenvalue weighted by atomic mass is 10.2. The number of thioether (sulfide) groups is 1. The Morgan fingerprint density at radius 2 is 1.74 bits per heavy atom. The summed E-state index contributed by atoms with van der Waals surface area (Å²) in [5.74, 6) is 0.324. The van der Waals surface area contributed by atoms with Gasteiger partial charge in [0.1, 0.15) is 0 Å². The predicted molar refractivity (Wildman–Crippen MR) is 107 cm³/mol. The normalized spacial score (nSPS) is 14.5. The van der Waals surface area contributed by atoms with Crippen molar-refractivity contribution in [3.05, 3.63) is 34.6 Å². The van der Waals surface area contributed by atoms with Gasteiger partial charge in [0.05, 0.1) is 10.9 Å². The van der Waals surface area contributed by atoms with Gasteiger partial charge in [-0.3, -0.25) is 23.9 Å². The van der Waals surface area contributed by atoms with Crippen molar-refractivity contribution in [1.82, 2.24) is 14.5 Å². The third-order valence-electron chi connectivity index (χ3n) is 4.76. The quantitative estimate of drug-likeness (QED) is 0.286. The Hall–Kier alpha value is -2.15. The van der Waals surface area contributed by atoms with Gasteiger partial charge in [0, 0.05) is 31.7 Å². The average molecular weight is 388 g/mol. The maximum Gasteiger partial charge on any atom is 0.262 e. The highest BCUT2D eigenvalue weighted by atomic mass is 32.2. The highest BCUT2D eigenvalue weighted by Gasteiger charge is 2.28. The second-order valence-electron chi connectivity index (χ2n) is 6.72. The zero-order chi connectivity index (χ0) is 19.2. The van der Waals surface area contributed by atoms with Crippen LogP contribution >= 0.6 is 11.8 Å². The summed E-state index contributed by atoms with van der Waals surface area (Å²) < 4.78 is 1.75. The standard InChI is InChI=1S/C20H25N3O3S/c1-2-3-4-7-12-23-19(26)15-8-5-6-9-16(15)21-20(23)27-14-13-22-17(24)10-11-18(22)25/h5-6,8-9H,2-4,7,10-14H2,1H3. The number of carbonyl (C=O) groups excluding carboxylic acids is 2. The van der Waals surface area contributed by atoms with E-state index in [1.807, 2.05) is 24.3 Å². The Labute approximate surface area is 163 Å². The van der Waals surface area contributed by atoms with Crippen LogP contribution in [0.1, 0.15) is 45.4 Å². The van der Waals surface area contributed by atoms with Gasteiger partial charge in [0.25, 0.3) is 5.56 Å². The summed E-state index contributed by atoms with van der Waals surface area (Å²) >= 11 is 1.44. The van der Waals surface area contributed by atoms with Gasteiger partial charge in [0.2, 0.25) is 11.8 Å². The number of benzene rings is 1. The Morgan fingerprint density at radius 1 is 1.00 bits per heavy atom. The summed E-state index contributed by atoms with van der Waals surface area (Å²) in [7, 11) is 0. The second kappa shape index (κ2) is 9.17. The molecule has 2 heterocycles. The molecule has 0 N–H and O–H groups in total. The van der Waals surface area contributed by atoms with Crippen molar-refractivity contribution < 1.29 is 9.59 Å². The molecule has 1 aromatic heterocycles. The van der Waals surface area contributed by atoms with E-state index in [-0.39, 0.29) is 17.4 Å². The van der Waals surface area contributed by atoms with Gasteiger partial charge in [0.15, 0.2) is 5.16 Å². The third-order valence-corrected chi connectivity index (χ3v) is 5.72. The SMILES string of the molecule is CCCCCCn1c(SCCN2C(=O)CCC2=O)nc2ccccc2c1=O. The lowest BCUT2D eigenvalue weighted by Gasteiger charge is -2.15. The smallest absolute Gasteiger partial charge is 0.262 e. The van der Waals surface area contributed by atoms with Gasteiger partial charge < -0.3 is 0 Å². The molecule has 0 atom stereocenters. The molecule has 0 saturated carbocycles. The molecule has 7 heteroatoms. The minimum atomic E-state index is -0.107. The number of fused-ring (bicyclic) bond motifs is 1. The number of likely N-dealkylation sites (tertiary alicyclic amines) is 1. The minimum Gasteiger partial charge on any atom is -0.287 e. The molecule has 1 aliphatic heterocycles. The molecule has 0 aliphatic carbocycles. The van der Waals surface area contributed by atoms with Gasteiger partial charge in [-0.05, 0) is 18.6 Å². The van der Waals surface area contributed by atoms with Crippen molar-refractivity contribution in [1.29, 1.82) is 0 Å². The lowest BCUT2D eigenvalue weighted by molar-refractivity contribution is -0.137. The zero-order valence-electron chi connectivity index (χ0n) is 15.6. The number of hydrogen-bond donors (Lipinski definition) is 0. The molecular formula is C20H25N3O3S. The van der Waals surface area contributed by atoms with E-state index >= 15 is 0 Å². The summed E-state index contributed by atoms with van der Waals surface area (Å²) in [6, 6.07) is 7.37. The van der Waals surface area contributed by atoms with Crippen LogP contribution in [0.3, 0.4) is 0 Å². The molecule has 0 unspecified atom stereocenters. The van der Waals surface area contributed by atoms with Gasteiger partial charge in [-0.15, -0.1) is 0 Å². The second-order valence-corrected chi connectivity index (χ2v) is 7.78. The molecule has 0 radical (unpaired) electrons. The highest BCUT2D eigenvalue weighted by molar-refractivity contribution is 7.99. The van der Waals surface area contributed by atoms with E-state index in [2.05, 4.69) is 11.9 Å². The molecule has 144 valence electrons. The maximum atomic E-state index is 12.9. The first kappa shape index (κ1) is 19.6. The zero-order valence-corrected chi connectivity index (χ0v) is 16.5. The molecular weight excluding hydrogens is 362 g/mol. The Kier molecular flexibility index (Phi) is 6.66. The molecule has 2 aromatic rings. The van der Waals surface area contributed by atoms with Crippen LogP contribution in [0.15, 0.2) is 34.2 Å². The van der Waals surface area contributed by atoms with E-state index < -0.39 is 0 Å². The van der Waals surface area contributed by atoms with Gasteiger partial charge in [-0.1, -0.05) is 50.1 Å². The summed E-state index contributed by atoms with van der Waals surface area (Å²) in [5.41, 5.74) is 0.663. The Balaban J connectivity index is 1.78. The van der Waals surface area contributed by atoms with Crippen molar-refractivity contribution in [2.45, 2.75) is 57.1 Å². The lowest BCUT2D eigenvalue weighted by Crippen LogP contribution is -2.31.